The third kappa shape index (κ3) is 3.27. The van der Waals surface area contributed by atoms with Crippen molar-refractivity contribution in [3.8, 4) is 0 Å². The molecule has 0 atom stereocenters. The van der Waals surface area contributed by atoms with Crippen molar-refractivity contribution in [2.24, 2.45) is 7.05 Å². The Hall–Kier alpha value is -2.22. The Kier molecular flexibility index (Phi) is 3.82. The van der Waals surface area contributed by atoms with Gasteiger partial charge in [0.05, 0.1) is 22.0 Å². The Labute approximate surface area is 122 Å². The van der Waals surface area contributed by atoms with Gasteiger partial charge in [-0.1, -0.05) is 11.6 Å². The number of aryl methyl sites for hydroxylation is 1. The molecule has 0 fully saturated rings. The van der Waals surface area contributed by atoms with Crippen molar-refractivity contribution in [1.82, 2.24) is 9.78 Å². The van der Waals surface area contributed by atoms with Gasteiger partial charge < -0.3 is 11.1 Å². The van der Waals surface area contributed by atoms with Crippen molar-refractivity contribution in [2.45, 2.75) is 6.18 Å². The van der Waals surface area contributed by atoms with Gasteiger partial charge in [0, 0.05) is 13.2 Å². The van der Waals surface area contributed by atoms with E-state index in [9.17, 15) is 18.0 Å². The highest BCUT2D eigenvalue weighted by Crippen LogP contribution is 2.34. The van der Waals surface area contributed by atoms with Crippen LogP contribution in [-0.2, 0) is 13.2 Å². The molecule has 0 saturated heterocycles. The van der Waals surface area contributed by atoms with E-state index in [1.807, 2.05) is 0 Å². The van der Waals surface area contributed by atoms with Gasteiger partial charge in [-0.2, -0.15) is 18.3 Å². The van der Waals surface area contributed by atoms with Crippen molar-refractivity contribution in [3.05, 3.63) is 40.7 Å². The van der Waals surface area contributed by atoms with Gasteiger partial charge in [-0.05, 0) is 18.2 Å². The molecule has 9 heteroatoms. The van der Waals surface area contributed by atoms with E-state index >= 15 is 0 Å². The SMILES string of the molecule is Cn1cc(N)c(C(=O)Nc2cc(C(F)(F)F)ccc2Cl)n1. The number of hydrogen-bond donors (Lipinski definition) is 2. The van der Waals surface area contributed by atoms with Gasteiger partial charge in [-0.3, -0.25) is 9.48 Å². The molecule has 3 N–H and O–H groups in total. The van der Waals surface area contributed by atoms with E-state index in [1.165, 1.54) is 10.9 Å². The maximum absolute atomic E-state index is 12.6. The second-order valence-corrected chi connectivity index (χ2v) is 4.66. The fourth-order valence-corrected chi connectivity index (χ4v) is 1.83. The normalized spacial score (nSPS) is 11.5. The third-order valence-electron chi connectivity index (χ3n) is 2.61. The number of anilines is 2. The van der Waals surface area contributed by atoms with Crippen molar-refractivity contribution in [2.75, 3.05) is 11.1 Å². The van der Waals surface area contributed by atoms with Crippen LogP contribution >= 0.6 is 11.6 Å². The summed E-state index contributed by atoms with van der Waals surface area (Å²) in [4.78, 5) is 12.0. The minimum absolute atomic E-state index is 0.0224. The minimum Gasteiger partial charge on any atom is -0.396 e. The molecular formula is C12H10ClF3N4O. The minimum atomic E-state index is -4.53. The number of rotatable bonds is 2. The predicted octanol–water partition coefficient (Wildman–Crippen LogP) is 2.93. The lowest BCUT2D eigenvalue weighted by Gasteiger charge is -2.11. The topological polar surface area (TPSA) is 72.9 Å². The van der Waals surface area contributed by atoms with Crippen LogP contribution in [0.15, 0.2) is 24.4 Å². The molecule has 0 radical (unpaired) electrons. The summed E-state index contributed by atoms with van der Waals surface area (Å²) < 4.78 is 39.2. The average molecular weight is 319 g/mol. The van der Waals surface area contributed by atoms with Gasteiger partial charge in [-0.25, -0.2) is 0 Å². The Morgan fingerprint density at radius 3 is 2.62 bits per heavy atom. The summed E-state index contributed by atoms with van der Waals surface area (Å²) in [6.07, 6.45) is -3.13. The number of nitrogen functional groups attached to an aromatic ring is 1. The summed E-state index contributed by atoms with van der Waals surface area (Å²) in [6.45, 7) is 0. The van der Waals surface area contributed by atoms with E-state index in [-0.39, 0.29) is 22.1 Å². The zero-order valence-electron chi connectivity index (χ0n) is 10.7. The van der Waals surface area contributed by atoms with Crippen LogP contribution in [0.3, 0.4) is 0 Å². The largest absolute Gasteiger partial charge is 0.416 e. The van der Waals surface area contributed by atoms with Gasteiger partial charge in [0.1, 0.15) is 0 Å². The fourth-order valence-electron chi connectivity index (χ4n) is 1.66. The van der Waals surface area contributed by atoms with E-state index in [1.54, 1.807) is 7.05 Å². The Morgan fingerprint density at radius 1 is 1.43 bits per heavy atom. The zero-order valence-corrected chi connectivity index (χ0v) is 11.5. The number of hydrogen-bond acceptors (Lipinski definition) is 3. The number of benzene rings is 1. The first-order valence-corrected chi connectivity index (χ1v) is 6.03. The van der Waals surface area contributed by atoms with E-state index in [2.05, 4.69) is 10.4 Å². The van der Waals surface area contributed by atoms with E-state index in [0.717, 1.165) is 18.2 Å². The van der Waals surface area contributed by atoms with E-state index in [4.69, 9.17) is 17.3 Å². The number of nitrogens with two attached hydrogens (primary N) is 1. The number of carbonyl (C=O) groups is 1. The first kappa shape index (κ1) is 15.2. The maximum Gasteiger partial charge on any atom is 0.416 e. The summed E-state index contributed by atoms with van der Waals surface area (Å²) in [7, 11) is 1.56. The number of amides is 1. The smallest absolute Gasteiger partial charge is 0.396 e. The lowest BCUT2D eigenvalue weighted by atomic mass is 10.2. The molecule has 0 aliphatic carbocycles. The highest BCUT2D eigenvalue weighted by Gasteiger charge is 2.31. The Morgan fingerprint density at radius 2 is 2.10 bits per heavy atom. The Balaban J connectivity index is 2.31. The molecule has 112 valence electrons. The average Bonchev–Trinajstić information content (AvgIpc) is 2.70. The third-order valence-corrected chi connectivity index (χ3v) is 2.94. The molecule has 1 aromatic carbocycles. The lowest BCUT2D eigenvalue weighted by molar-refractivity contribution is -0.137. The molecule has 1 aromatic heterocycles. The molecule has 1 heterocycles. The highest BCUT2D eigenvalue weighted by atomic mass is 35.5. The van der Waals surface area contributed by atoms with Crippen LogP contribution in [0, 0.1) is 0 Å². The summed E-state index contributed by atoms with van der Waals surface area (Å²) >= 11 is 5.78. The zero-order chi connectivity index (χ0) is 15.8. The molecule has 2 aromatic rings. The molecular weight excluding hydrogens is 309 g/mol. The molecule has 21 heavy (non-hydrogen) atoms. The first-order valence-electron chi connectivity index (χ1n) is 5.65. The molecule has 0 saturated carbocycles. The van der Waals surface area contributed by atoms with Crippen LogP contribution in [0.25, 0.3) is 0 Å². The van der Waals surface area contributed by atoms with E-state index in [0.29, 0.717) is 0 Å². The highest BCUT2D eigenvalue weighted by molar-refractivity contribution is 6.34. The quantitative estimate of drug-likeness (QED) is 0.894. The van der Waals surface area contributed by atoms with Gasteiger partial charge in [-0.15, -0.1) is 0 Å². The summed E-state index contributed by atoms with van der Waals surface area (Å²) in [6, 6.07) is 2.63. The summed E-state index contributed by atoms with van der Waals surface area (Å²) in [5.41, 5.74) is 4.51. The molecule has 0 aliphatic rings. The van der Waals surface area contributed by atoms with Gasteiger partial charge >= 0.3 is 6.18 Å². The maximum atomic E-state index is 12.6. The number of nitrogens with zero attached hydrogens (tertiary/aromatic N) is 2. The molecule has 0 bridgehead atoms. The van der Waals surface area contributed by atoms with Gasteiger partial charge in [0.25, 0.3) is 5.91 Å². The molecule has 5 nitrogen and oxygen atoms in total. The second kappa shape index (κ2) is 5.28. The van der Waals surface area contributed by atoms with Crippen LogP contribution in [0.4, 0.5) is 24.5 Å². The first-order chi connectivity index (χ1) is 9.68. The van der Waals surface area contributed by atoms with Crippen molar-refractivity contribution in [1.29, 1.82) is 0 Å². The van der Waals surface area contributed by atoms with Crippen LogP contribution < -0.4 is 11.1 Å². The second-order valence-electron chi connectivity index (χ2n) is 4.25. The van der Waals surface area contributed by atoms with Crippen molar-refractivity contribution in [3.63, 3.8) is 0 Å². The Bertz CT molecular complexity index is 696. The number of halogens is 4. The lowest BCUT2D eigenvalue weighted by Crippen LogP contribution is -2.16. The predicted molar refractivity (Wildman–Crippen MR) is 72.0 cm³/mol. The number of nitrogens with one attached hydrogen (secondary N) is 1. The number of alkyl halides is 3. The van der Waals surface area contributed by atoms with Crippen LogP contribution in [0.1, 0.15) is 16.1 Å². The van der Waals surface area contributed by atoms with Crippen LogP contribution in [0.2, 0.25) is 5.02 Å². The van der Waals surface area contributed by atoms with Crippen molar-refractivity contribution >= 4 is 28.9 Å². The molecule has 2 rings (SSSR count). The molecule has 0 unspecified atom stereocenters. The standard InChI is InChI=1S/C12H10ClF3N4O/c1-20-5-8(17)10(19-20)11(21)18-9-4-6(12(14,15)16)2-3-7(9)13/h2-5H,17H2,1H3,(H,18,21). The van der Waals surface area contributed by atoms with Gasteiger partial charge in [0.15, 0.2) is 5.69 Å². The van der Waals surface area contributed by atoms with Crippen LogP contribution in [0.5, 0.6) is 0 Å². The monoisotopic (exact) mass is 318 g/mol. The fraction of sp³-hybridized carbons (Fsp3) is 0.167. The summed E-state index contributed by atoms with van der Waals surface area (Å²) in [5.74, 6) is -0.741. The molecule has 1 amide bonds. The number of carbonyl (C=O) groups excluding carboxylic acids is 1. The van der Waals surface area contributed by atoms with E-state index < -0.39 is 17.6 Å². The van der Waals surface area contributed by atoms with Crippen molar-refractivity contribution < 1.29 is 18.0 Å². The molecule has 0 spiro atoms. The number of aromatic nitrogens is 2. The summed E-state index contributed by atoms with van der Waals surface area (Å²) in [5, 5.41) is 6.07. The molecule has 0 aliphatic heterocycles. The van der Waals surface area contributed by atoms with Gasteiger partial charge in [0.2, 0.25) is 0 Å². The van der Waals surface area contributed by atoms with Crippen LogP contribution in [-0.4, -0.2) is 15.7 Å².